The third kappa shape index (κ3) is 6.12. The number of nitrogens with zero attached hydrogens (tertiary/aromatic N) is 1. The third-order valence-electron chi connectivity index (χ3n) is 4.67. The minimum absolute atomic E-state index is 0.124. The Balaban J connectivity index is 1.44. The molecule has 2 aromatic carbocycles. The standard InChI is InChI=1S/C22H27N3O5/c1-3-25(15-22(27)23-16-4-7-18(28-2)8-5-16)11-10-21(26)24-17-6-9-19-20(14-17)30-13-12-29-19/h4-9,14H,3,10-13,15H2,1-2H3,(H,23,27)(H,24,26). The Morgan fingerprint density at radius 3 is 2.33 bits per heavy atom. The van der Waals surface area contributed by atoms with Crippen molar-refractivity contribution >= 4 is 23.2 Å². The highest BCUT2D eigenvalue weighted by molar-refractivity contribution is 5.93. The molecule has 0 radical (unpaired) electrons. The van der Waals surface area contributed by atoms with E-state index >= 15 is 0 Å². The summed E-state index contributed by atoms with van der Waals surface area (Å²) >= 11 is 0. The molecule has 1 aliphatic rings. The number of fused-ring (bicyclic) bond motifs is 1. The van der Waals surface area contributed by atoms with Gasteiger partial charge in [0.1, 0.15) is 19.0 Å². The van der Waals surface area contributed by atoms with Crippen LogP contribution < -0.4 is 24.8 Å². The van der Waals surface area contributed by atoms with Gasteiger partial charge < -0.3 is 24.8 Å². The number of benzene rings is 2. The Morgan fingerprint density at radius 1 is 0.967 bits per heavy atom. The maximum absolute atomic E-state index is 12.3. The first-order valence-electron chi connectivity index (χ1n) is 9.93. The molecule has 2 aromatic rings. The summed E-state index contributed by atoms with van der Waals surface area (Å²) in [4.78, 5) is 26.5. The zero-order valence-electron chi connectivity index (χ0n) is 17.3. The number of carbonyl (C=O) groups is 2. The molecule has 8 heteroatoms. The summed E-state index contributed by atoms with van der Waals surface area (Å²) < 4.78 is 16.1. The number of likely N-dealkylation sites (N-methyl/N-ethyl adjacent to an activating group) is 1. The van der Waals surface area contributed by atoms with Gasteiger partial charge in [0.15, 0.2) is 11.5 Å². The Labute approximate surface area is 176 Å². The molecule has 0 atom stereocenters. The second-order valence-electron chi connectivity index (χ2n) is 6.80. The van der Waals surface area contributed by atoms with Crippen molar-refractivity contribution in [2.45, 2.75) is 13.3 Å². The van der Waals surface area contributed by atoms with Gasteiger partial charge >= 0.3 is 0 Å². The molecule has 0 fully saturated rings. The number of hydrogen-bond acceptors (Lipinski definition) is 6. The van der Waals surface area contributed by atoms with Crippen LogP contribution in [0.2, 0.25) is 0 Å². The number of hydrogen-bond donors (Lipinski definition) is 2. The largest absolute Gasteiger partial charge is 0.497 e. The molecule has 8 nitrogen and oxygen atoms in total. The summed E-state index contributed by atoms with van der Waals surface area (Å²) in [7, 11) is 1.59. The Bertz CT molecular complexity index is 870. The molecule has 3 rings (SSSR count). The van der Waals surface area contributed by atoms with Crippen LogP contribution in [-0.4, -0.2) is 56.7 Å². The fourth-order valence-electron chi connectivity index (χ4n) is 3.03. The molecular formula is C22H27N3O5. The Hall–Kier alpha value is -3.26. The molecule has 0 saturated heterocycles. The van der Waals surface area contributed by atoms with E-state index in [-0.39, 0.29) is 24.8 Å². The lowest BCUT2D eigenvalue weighted by Gasteiger charge is -2.20. The molecule has 2 amide bonds. The zero-order chi connectivity index (χ0) is 21.3. The van der Waals surface area contributed by atoms with Gasteiger partial charge in [-0.1, -0.05) is 6.92 Å². The van der Waals surface area contributed by atoms with E-state index in [0.717, 1.165) is 5.75 Å². The average Bonchev–Trinajstić information content (AvgIpc) is 2.77. The predicted octanol–water partition coefficient (Wildman–Crippen LogP) is 2.76. The minimum atomic E-state index is -0.130. The number of anilines is 2. The van der Waals surface area contributed by atoms with E-state index < -0.39 is 0 Å². The van der Waals surface area contributed by atoms with Crippen molar-refractivity contribution in [3.8, 4) is 17.2 Å². The van der Waals surface area contributed by atoms with E-state index in [2.05, 4.69) is 10.6 Å². The lowest BCUT2D eigenvalue weighted by molar-refractivity contribution is -0.119. The molecule has 1 heterocycles. The van der Waals surface area contributed by atoms with Crippen molar-refractivity contribution in [1.82, 2.24) is 4.90 Å². The summed E-state index contributed by atoms with van der Waals surface area (Å²) in [6.07, 6.45) is 0.276. The SMILES string of the molecule is CCN(CCC(=O)Nc1ccc2c(c1)OCCO2)CC(=O)Nc1ccc(OC)cc1. The number of amides is 2. The zero-order valence-corrected chi connectivity index (χ0v) is 17.3. The fraction of sp³-hybridized carbons (Fsp3) is 0.364. The molecule has 0 aromatic heterocycles. The van der Waals surface area contributed by atoms with Crippen LogP contribution in [-0.2, 0) is 9.59 Å². The molecule has 30 heavy (non-hydrogen) atoms. The van der Waals surface area contributed by atoms with E-state index in [1.54, 1.807) is 49.6 Å². The van der Waals surface area contributed by atoms with Gasteiger partial charge in [0.05, 0.1) is 13.7 Å². The van der Waals surface area contributed by atoms with E-state index in [1.807, 2.05) is 11.8 Å². The molecule has 0 spiro atoms. The molecule has 0 bridgehead atoms. The Kier molecular flexibility index (Phi) is 7.51. The number of ether oxygens (including phenoxy) is 3. The second kappa shape index (κ2) is 10.5. The summed E-state index contributed by atoms with van der Waals surface area (Å²) in [5.41, 5.74) is 1.36. The monoisotopic (exact) mass is 413 g/mol. The smallest absolute Gasteiger partial charge is 0.238 e. The van der Waals surface area contributed by atoms with Gasteiger partial charge in [-0.15, -0.1) is 0 Å². The number of carbonyl (C=O) groups excluding carboxylic acids is 2. The fourth-order valence-corrected chi connectivity index (χ4v) is 3.03. The van der Waals surface area contributed by atoms with Crippen LogP contribution in [0.4, 0.5) is 11.4 Å². The van der Waals surface area contributed by atoms with Gasteiger partial charge in [-0.25, -0.2) is 0 Å². The van der Waals surface area contributed by atoms with Crippen molar-refractivity contribution in [3.63, 3.8) is 0 Å². The van der Waals surface area contributed by atoms with E-state index in [1.165, 1.54) is 0 Å². The summed E-state index contributed by atoms with van der Waals surface area (Å²) in [6, 6.07) is 12.5. The van der Waals surface area contributed by atoms with Gasteiger partial charge in [0, 0.05) is 30.4 Å². The lowest BCUT2D eigenvalue weighted by atomic mass is 10.2. The lowest BCUT2D eigenvalue weighted by Crippen LogP contribution is -2.35. The molecule has 0 saturated carbocycles. The highest BCUT2D eigenvalue weighted by Gasteiger charge is 2.14. The molecule has 0 aliphatic carbocycles. The highest BCUT2D eigenvalue weighted by Crippen LogP contribution is 2.32. The van der Waals surface area contributed by atoms with Crippen molar-refractivity contribution in [2.24, 2.45) is 0 Å². The van der Waals surface area contributed by atoms with E-state index in [4.69, 9.17) is 14.2 Å². The van der Waals surface area contributed by atoms with Gasteiger partial charge in [0.25, 0.3) is 0 Å². The number of nitrogens with one attached hydrogen (secondary N) is 2. The molecule has 2 N–H and O–H groups in total. The van der Waals surface area contributed by atoms with Crippen LogP contribution in [0.3, 0.4) is 0 Å². The van der Waals surface area contributed by atoms with Gasteiger partial charge in [-0.2, -0.15) is 0 Å². The van der Waals surface area contributed by atoms with Crippen molar-refractivity contribution in [2.75, 3.05) is 50.6 Å². The van der Waals surface area contributed by atoms with E-state index in [9.17, 15) is 9.59 Å². The highest BCUT2D eigenvalue weighted by atomic mass is 16.6. The Morgan fingerprint density at radius 2 is 1.63 bits per heavy atom. The third-order valence-corrected chi connectivity index (χ3v) is 4.67. The van der Waals surface area contributed by atoms with Crippen LogP contribution in [0, 0.1) is 0 Å². The van der Waals surface area contributed by atoms with Crippen molar-refractivity contribution in [1.29, 1.82) is 0 Å². The van der Waals surface area contributed by atoms with Crippen LogP contribution in [0.25, 0.3) is 0 Å². The van der Waals surface area contributed by atoms with Gasteiger partial charge in [0.2, 0.25) is 11.8 Å². The van der Waals surface area contributed by atoms with Crippen LogP contribution in [0.15, 0.2) is 42.5 Å². The molecule has 1 aliphatic heterocycles. The number of rotatable bonds is 9. The molecular weight excluding hydrogens is 386 g/mol. The maximum atomic E-state index is 12.3. The first-order valence-corrected chi connectivity index (χ1v) is 9.93. The van der Waals surface area contributed by atoms with Crippen LogP contribution in [0.1, 0.15) is 13.3 Å². The van der Waals surface area contributed by atoms with Crippen molar-refractivity contribution in [3.05, 3.63) is 42.5 Å². The maximum Gasteiger partial charge on any atom is 0.238 e. The normalized spacial score (nSPS) is 12.4. The number of methoxy groups -OCH3 is 1. The topological polar surface area (TPSA) is 89.1 Å². The summed E-state index contributed by atoms with van der Waals surface area (Å²) in [6.45, 7) is 4.32. The van der Waals surface area contributed by atoms with Crippen molar-refractivity contribution < 1.29 is 23.8 Å². The summed E-state index contributed by atoms with van der Waals surface area (Å²) in [5.74, 6) is 1.78. The average molecular weight is 413 g/mol. The predicted molar refractivity (Wildman–Crippen MR) is 114 cm³/mol. The molecule has 160 valence electrons. The first kappa shape index (κ1) is 21.4. The minimum Gasteiger partial charge on any atom is -0.497 e. The second-order valence-corrected chi connectivity index (χ2v) is 6.80. The van der Waals surface area contributed by atoms with Crippen LogP contribution >= 0.6 is 0 Å². The van der Waals surface area contributed by atoms with Gasteiger partial charge in [-0.05, 0) is 42.9 Å². The molecule has 0 unspecified atom stereocenters. The van der Waals surface area contributed by atoms with Crippen LogP contribution in [0.5, 0.6) is 17.2 Å². The quantitative estimate of drug-likeness (QED) is 0.657. The first-order chi connectivity index (χ1) is 14.6. The van der Waals surface area contributed by atoms with Gasteiger partial charge in [-0.3, -0.25) is 14.5 Å². The summed E-state index contributed by atoms with van der Waals surface area (Å²) in [5, 5.41) is 5.71. The van der Waals surface area contributed by atoms with E-state index in [0.29, 0.717) is 49.2 Å².